The molecular weight excluding hydrogens is 467 g/mol. The number of aliphatic hydroxyl groups excluding tert-OH is 2. The summed E-state index contributed by atoms with van der Waals surface area (Å²) in [5.74, 6) is -5.21. The Kier molecular flexibility index (Phi) is 8.35. The van der Waals surface area contributed by atoms with Gasteiger partial charge in [0.15, 0.2) is 17.5 Å². The van der Waals surface area contributed by atoms with E-state index in [9.17, 15) is 28.2 Å². The zero-order valence-corrected chi connectivity index (χ0v) is 19.3. The number of nitrogens with zero attached hydrogens (tertiary/aromatic N) is 1. The van der Waals surface area contributed by atoms with Gasteiger partial charge in [-0.3, -0.25) is 9.78 Å². The van der Waals surface area contributed by atoms with Crippen LogP contribution in [0, 0.1) is 17.5 Å². The molecule has 1 heterocycles. The third-order valence-electron chi connectivity index (χ3n) is 5.16. The van der Waals surface area contributed by atoms with Crippen molar-refractivity contribution in [1.82, 2.24) is 4.98 Å². The number of hydrogen-bond donors (Lipinski definition) is 3. The minimum atomic E-state index is -1.61. The molecule has 1 aromatic heterocycles. The summed E-state index contributed by atoms with van der Waals surface area (Å²) >= 11 is 1.21. The van der Waals surface area contributed by atoms with Crippen molar-refractivity contribution in [2.24, 2.45) is 0 Å². The van der Waals surface area contributed by atoms with Gasteiger partial charge >= 0.3 is 5.97 Å². The first-order valence-electron chi connectivity index (χ1n) is 10.6. The van der Waals surface area contributed by atoms with Crippen molar-refractivity contribution < 1.29 is 33.3 Å². The van der Waals surface area contributed by atoms with E-state index in [4.69, 9.17) is 5.11 Å². The Bertz CT molecular complexity index is 1220. The van der Waals surface area contributed by atoms with Gasteiger partial charge in [0.25, 0.3) is 0 Å². The summed E-state index contributed by atoms with van der Waals surface area (Å²) < 4.78 is 42.3. The molecule has 5 nitrogen and oxygen atoms in total. The lowest BCUT2D eigenvalue weighted by molar-refractivity contribution is -0.139. The first-order valence-corrected chi connectivity index (χ1v) is 11.4. The number of aromatic nitrogens is 1. The summed E-state index contributed by atoms with van der Waals surface area (Å²) in [5, 5.41) is 28.7. The van der Waals surface area contributed by atoms with Gasteiger partial charge in [-0.25, -0.2) is 13.2 Å². The van der Waals surface area contributed by atoms with Crippen LogP contribution in [0.1, 0.15) is 43.7 Å². The maximum absolute atomic E-state index is 14.4. The van der Waals surface area contributed by atoms with Crippen molar-refractivity contribution in [3.63, 3.8) is 0 Å². The van der Waals surface area contributed by atoms with Crippen molar-refractivity contribution >= 4 is 34.7 Å². The fourth-order valence-electron chi connectivity index (χ4n) is 3.36. The lowest BCUT2D eigenvalue weighted by atomic mass is 10.0. The van der Waals surface area contributed by atoms with Gasteiger partial charge in [-0.1, -0.05) is 49.9 Å². The van der Waals surface area contributed by atoms with Crippen LogP contribution in [0.2, 0.25) is 0 Å². The molecule has 0 aliphatic rings. The molecule has 0 aliphatic heterocycles. The highest BCUT2D eigenvalue weighted by molar-refractivity contribution is 7.99. The number of halogens is 3. The van der Waals surface area contributed by atoms with Gasteiger partial charge in [-0.15, -0.1) is 0 Å². The molecule has 2 aromatic carbocycles. The molecule has 3 N–H and O–H groups in total. The second-order valence-electron chi connectivity index (χ2n) is 8.16. The number of aliphatic carboxylic acids is 1. The van der Waals surface area contributed by atoms with Crippen LogP contribution in [0.5, 0.6) is 0 Å². The van der Waals surface area contributed by atoms with Crippen LogP contribution >= 0.6 is 11.8 Å². The summed E-state index contributed by atoms with van der Waals surface area (Å²) in [5.41, 5.74) is 1.20. The van der Waals surface area contributed by atoms with Gasteiger partial charge in [-0.05, 0) is 29.7 Å². The highest BCUT2D eigenvalue weighted by Crippen LogP contribution is 2.38. The molecule has 0 saturated carbocycles. The molecule has 0 aliphatic carbocycles. The van der Waals surface area contributed by atoms with E-state index in [1.165, 1.54) is 30.1 Å². The summed E-state index contributed by atoms with van der Waals surface area (Å²) in [7, 11) is 0. The van der Waals surface area contributed by atoms with Crippen LogP contribution in [0.3, 0.4) is 0 Å². The van der Waals surface area contributed by atoms with E-state index >= 15 is 0 Å². The Morgan fingerprint density at radius 3 is 2.41 bits per heavy atom. The SMILES string of the molecule is CC(C)c1ccc(Sc2c(/C=C/[C@@H](O)C[C@@H](O)CC(=O)O)cnc3c(F)c(F)c(F)cc23)cc1. The molecule has 0 amide bonds. The fourth-order valence-corrected chi connectivity index (χ4v) is 4.37. The standard InChI is InChI=1S/C25H24F3NO4S/c1-13(2)14-4-7-18(8-5-14)34-25-15(3-6-16(30)9-17(31)10-21(32)33)12-29-24-19(25)11-20(26)22(27)23(24)28/h3-8,11-13,16-17,30-31H,9-10H2,1-2H3,(H,32,33)/b6-3+/t16-,17-/m1/s1. The normalized spacial score (nSPS) is 13.6. The van der Waals surface area contributed by atoms with Crippen LogP contribution in [-0.2, 0) is 4.79 Å². The second kappa shape index (κ2) is 11.0. The number of benzene rings is 2. The monoisotopic (exact) mass is 491 g/mol. The smallest absolute Gasteiger partial charge is 0.305 e. The Balaban J connectivity index is 2.01. The number of aliphatic hydroxyl groups is 2. The average molecular weight is 492 g/mol. The van der Waals surface area contributed by atoms with Crippen molar-refractivity contribution in [3.8, 4) is 0 Å². The Morgan fingerprint density at radius 1 is 1.12 bits per heavy atom. The Labute approximate surface area is 199 Å². The van der Waals surface area contributed by atoms with E-state index in [1.807, 2.05) is 24.3 Å². The maximum atomic E-state index is 14.4. The number of carboxylic acid groups (broad SMARTS) is 1. The number of carboxylic acids is 1. The molecule has 34 heavy (non-hydrogen) atoms. The van der Waals surface area contributed by atoms with Crippen molar-refractivity contribution in [1.29, 1.82) is 0 Å². The lowest BCUT2D eigenvalue weighted by Gasteiger charge is -2.13. The number of hydrogen-bond acceptors (Lipinski definition) is 5. The van der Waals surface area contributed by atoms with Gasteiger partial charge in [0.2, 0.25) is 0 Å². The molecule has 180 valence electrons. The number of carbonyl (C=O) groups is 1. The molecule has 0 spiro atoms. The minimum absolute atomic E-state index is 0.0666. The Hall–Kier alpha value is -2.88. The van der Waals surface area contributed by atoms with E-state index < -0.39 is 42.0 Å². The molecule has 0 unspecified atom stereocenters. The average Bonchev–Trinajstić information content (AvgIpc) is 2.77. The van der Waals surface area contributed by atoms with E-state index in [1.54, 1.807) is 0 Å². The third-order valence-corrected chi connectivity index (χ3v) is 6.33. The lowest BCUT2D eigenvalue weighted by Crippen LogP contribution is -2.19. The molecule has 0 saturated heterocycles. The highest BCUT2D eigenvalue weighted by Gasteiger charge is 2.20. The predicted molar refractivity (Wildman–Crippen MR) is 124 cm³/mol. The first kappa shape index (κ1) is 25.7. The molecule has 3 aromatic rings. The maximum Gasteiger partial charge on any atom is 0.305 e. The largest absolute Gasteiger partial charge is 0.481 e. The quantitative estimate of drug-likeness (QED) is 0.341. The summed E-state index contributed by atoms with van der Waals surface area (Å²) in [6, 6.07) is 8.51. The summed E-state index contributed by atoms with van der Waals surface area (Å²) in [6.45, 7) is 4.11. The van der Waals surface area contributed by atoms with Gasteiger partial charge in [0, 0.05) is 33.4 Å². The zero-order valence-electron chi connectivity index (χ0n) is 18.5. The zero-order chi connectivity index (χ0) is 25.0. The van der Waals surface area contributed by atoms with E-state index in [0.717, 1.165) is 16.5 Å². The third kappa shape index (κ3) is 6.16. The first-order chi connectivity index (χ1) is 16.1. The van der Waals surface area contributed by atoms with Crippen LogP contribution in [-0.4, -0.2) is 38.5 Å². The van der Waals surface area contributed by atoms with Crippen LogP contribution in [0.25, 0.3) is 17.0 Å². The summed E-state index contributed by atoms with van der Waals surface area (Å²) in [4.78, 5) is 15.8. The van der Waals surface area contributed by atoms with Crippen LogP contribution < -0.4 is 0 Å². The molecule has 2 atom stereocenters. The van der Waals surface area contributed by atoms with Crippen molar-refractivity contribution in [2.45, 2.75) is 54.6 Å². The topological polar surface area (TPSA) is 90.7 Å². The Morgan fingerprint density at radius 2 is 1.79 bits per heavy atom. The van der Waals surface area contributed by atoms with Gasteiger partial charge in [0.1, 0.15) is 5.52 Å². The van der Waals surface area contributed by atoms with E-state index in [0.29, 0.717) is 16.4 Å². The molecule has 9 heteroatoms. The molecule has 0 bridgehead atoms. The van der Waals surface area contributed by atoms with Gasteiger partial charge in [0.05, 0.1) is 18.6 Å². The van der Waals surface area contributed by atoms with Crippen LogP contribution in [0.15, 0.2) is 52.4 Å². The molecule has 0 radical (unpaired) electrons. The summed E-state index contributed by atoms with van der Waals surface area (Å²) in [6.07, 6.45) is 0.938. The predicted octanol–water partition coefficient (Wildman–Crippen LogP) is 5.53. The number of fused-ring (bicyclic) bond motifs is 1. The van der Waals surface area contributed by atoms with Crippen molar-refractivity contribution in [2.75, 3.05) is 0 Å². The minimum Gasteiger partial charge on any atom is -0.481 e. The second-order valence-corrected chi connectivity index (χ2v) is 9.25. The molecular formula is C25H24F3NO4S. The molecule has 3 rings (SSSR count). The molecule has 0 fully saturated rings. The fraction of sp³-hybridized carbons (Fsp3) is 0.280. The van der Waals surface area contributed by atoms with Gasteiger partial charge in [-0.2, -0.15) is 0 Å². The van der Waals surface area contributed by atoms with E-state index in [-0.39, 0.29) is 17.3 Å². The van der Waals surface area contributed by atoms with Crippen molar-refractivity contribution in [3.05, 3.63) is 71.2 Å². The van der Waals surface area contributed by atoms with Crippen LogP contribution in [0.4, 0.5) is 13.2 Å². The number of rotatable bonds is 9. The number of pyridine rings is 1. The van der Waals surface area contributed by atoms with E-state index in [2.05, 4.69) is 18.8 Å². The highest BCUT2D eigenvalue weighted by atomic mass is 32.2. The van der Waals surface area contributed by atoms with Gasteiger partial charge < -0.3 is 15.3 Å².